The molecule has 0 aliphatic heterocycles. The number of hydrogen-bond donors (Lipinski definition) is 1. The number of carboxylic acids is 1. The second-order valence-corrected chi connectivity index (χ2v) is 6.27. The standard InChI is InChI=1S/C17H33NO3.Na.H/c1-5-6-7-8-9-10-11-12-13-14-15(19)17(2,16(20)21)18(3)4;;/h5-14H2,1-4H3,(H,20,21);;/q;+1;-1. The van der Waals surface area contributed by atoms with Gasteiger partial charge in [-0.15, -0.1) is 0 Å². The summed E-state index contributed by atoms with van der Waals surface area (Å²) in [5, 5.41) is 9.25. The van der Waals surface area contributed by atoms with E-state index in [9.17, 15) is 14.7 Å². The number of rotatable bonds is 13. The maximum Gasteiger partial charge on any atom is 1.00 e. The second-order valence-electron chi connectivity index (χ2n) is 6.27. The fraction of sp³-hybridized carbons (Fsp3) is 0.882. The molecule has 0 fully saturated rings. The Labute approximate surface area is 159 Å². The predicted octanol–water partition coefficient (Wildman–Crippen LogP) is 0.998. The minimum absolute atomic E-state index is 0. The van der Waals surface area contributed by atoms with Gasteiger partial charge >= 0.3 is 35.5 Å². The third-order valence-corrected chi connectivity index (χ3v) is 4.36. The topological polar surface area (TPSA) is 57.6 Å². The second kappa shape index (κ2) is 13.5. The van der Waals surface area contributed by atoms with Crippen molar-refractivity contribution in [3.05, 3.63) is 0 Å². The van der Waals surface area contributed by atoms with E-state index in [-0.39, 0.29) is 36.8 Å². The number of likely N-dealkylation sites (N-methyl/N-ethyl adjacent to an activating group) is 1. The van der Waals surface area contributed by atoms with Gasteiger partial charge in [0.1, 0.15) is 0 Å². The normalized spacial score (nSPS) is 13.5. The number of carbonyl (C=O) groups is 2. The van der Waals surface area contributed by atoms with Gasteiger partial charge in [-0.25, -0.2) is 4.79 Å². The zero-order valence-corrected chi connectivity index (χ0v) is 17.3. The van der Waals surface area contributed by atoms with Crippen molar-refractivity contribution in [1.82, 2.24) is 4.90 Å². The predicted molar refractivity (Wildman–Crippen MR) is 87.7 cm³/mol. The van der Waals surface area contributed by atoms with Crippen LogP contribution >= 0.6 is 0 Å². The summed E-state index contributed by atoms with van der Waals surface area (Å²) in [7, 11) is 3.28. The fourth-order valence-electron chi connectivity index (χ4n) is 2.40. The number of nitrogens with zero attached hydrogens (tertiary/aromatic N) is 1. The van der Waals surface area contributed by atoms with Gasteiger partial charge in [-0.05, 0) is 27.4 Å². The number of ketones is 1. The zero-order chi connectivity index (χ0) is 16.3. The zero-order valence-electron chi connectivity index (χ0n) is 16.3. The van der Waals surface area contributed by atoms with Crippen LogP contribution in [0.1, 0.15) is 79.5 Å². The van der Waals surface area contributed by atoms with Crippen LogP contribution in [0.15, 0.2) is 0 Å². The summed E-state index contributed by atoms with van der Waals surface area (Å²) in [6.45, 7) is 3.71. The Bertz CT molecular complexity index is 327. The molecule has 1 N–H and O–H groups in total. The molecule has 0 radical (unpaired) electrons. The van der Waals surface area contributed by atoms with Crippen molar-refractivity contribution in [3.8, 4) is 0 Å². The van der Waals surface area contributed by atoms with E-state index in [1.54, 1.807) is 14.1 Å². The summed E-state index contributed by atoms with van der Waals surface area (Å²) in [6, 6.07) is 0. The van der Waals surface area contributed by atoms with Crippen molar-refractivity contribution in [2.75, 3.05) is 14.1 Å². The molecule has 5 heteroatoms. The van der Waals surface area contributed by atoms with Crippen LogP contribution in [0, 0.1) is 0 Å². The van der Waals surface area contributed by atoms with Crippen molar-refractivity contribution >= 4 is 11.8 Å². The largest absolute Gasteiger partial charge is 1.00 e. The van der Waals surface area contributed by atoms with E-state index in [4.69, 9.17) is 0 Å². The van der Waals surface area contributed by atoms with Gasteiger partial charge in [-0.1, -0.05) is 58.3 Å². The minimum Gasteiger partial charge on any atom is -1.00 e. The Morgan fingerprint density at radius 3 is 1.73 bits per heavy atom. The molecule has 126 valence electrons. The molecule has 4 nitrogen and oxygen atoms in total. The molecular formula is C17H34NNaO3. The van der Waals surface area contributed by atoms with Gasteiger partial charge in [0.2, 0.25) is 0 Å². The SMILES string of the molecule is CCCCCCCCCCCC(=O)C(C)(C(=O)O)N(C)C.[H-].[Na+]. The first-order chi connectivity index (χ1) is 9.87. The van der Waals surface area contributed by atoms with E-state index >= 15 is 0 Å². The van der Waals surface area contributed by atoms with Crippen LogP contribution in [0.5, 0.6) is 0 Å². The molecule has 0 aliphatic carbocycles. The minimum atomic E-state index is -1.39. The van der Waals surface area contributed by atoms with Gasteiger partial charge < -0.3 is 6.53 Å². The molecule has 22 heavy (non-hydrogen) atoms. The monoisotopic (exact) mass is 323 g/mol. The average Bonchev–Trinajstić information content (AvgIpc) is 2.43. The smallest absolute Gasteiger partial charge is 1.00 e. The molecule has 0 bridgehead atoms. The molecule has 0 spiro atoms. The molecule has 0 amide bonds. The van der Waals surface area contributed by atoms with Crippen LogP contribution < -0.4 is 29.6 Å². The molecule has 1 atom stereocenters. The van der Waals surface area contributed by atoms with Gasteiger partial charge in [-0.2, -0.15) is 0 Å². The summed E-state index contributed by atoms with van der Waals surface area (Å²) in [5.41, 5.74) is -1.39. The van der Waals surface area contributed by atoms with Crippen LogP contribution in [0.4, 0.5) is 0 Å². The summed E-state index contributed by atoms with van der Waals surface area (Å²) in [4.78, 5) is 24.9. The Hall–Kier alpha value is 0.1000. The molecule has 1 unspecified atom stereocenters. The van der Waals surface area contributed by atoms with Crippen molar-refractivity contribution in [2.24, 2.45) is 0 Å². The first-order valence-electron chi connectivity index (χ1n) is 8.31. The molecule has 0 aromatic heterocycles. The Balaban J connectivity index is -0.00000200. The first kappa shape index (κ1) is 24.4. The summed E-state index contributed by atoms with van der Waals surface area (Å²) in [5.74, 6) is -1.25. The Kier molecular flexibility index (Phi) is 15.0. The van der Waals surface area contributed by atoms with E-state index in [0.29, 0.717) is 6.42 Å². The molecule has 0 aromatic rings. The van der Waals surface area contributed by atoms with Crippen molar-refractivity contribution in [3.63, 3.8) is 0 Å². The van der Waals surface area contributed by atoms with Gasteiger partial charge in [0, 0.05) is 6.42 Å². The molecule has 0 heterocycles. The third-order valence-electron chi connectivity index (χ3n) is 4.36. The van der Waals surface area contributed by atoms with Gasteiger partial charge in [0.05, 0.1) is 0 Å². The Morgan fingerprint density at radius 1 is 0.955 bits per heavy atom. The third kappa shape index (κ3) is 8.66. The van der Waals surface area contributed by atoms with E-state index in [1.807, 2.05) is 0 Å². The summed E-state index contributed by atoms with van der Waals surface area (Å²) in [6.07, 6.45) is 11.1. The summed E-state index contributed by atoms with van der Waals surface area (Å²) >= 11 is 0. The fourth-order valence-corrected chi connectivity index (χ4v) is 2.40. The molecular weight excluding hydrogens is 289 g/mol. The summed E-state index contributed by atoms with van der Waals surface area (Å²) < 4.78 is 0. The van der Waals surface area contributed by atoms with E-state index in [1.165, 1.54) is 50.3 Å². The van der Waals surface area contributed by atoms with E-state index in [2.05, 4.69) is 6.92 Å². The van der Waals surface area contributed by atoms with Crippen LogP contribution in [-0.4, -0.2) is 41.4 Å². The van der Waals surface area contributed by atoms with E-state index < -0.39 is 11.5 Å². The van der Waals surface area contributed by atoms with Crippen LogP contribution in [0.25, 0.3) is 0 Å². The van der Waals surface area contributed by atoms with Gasteiger partial charge in [0.15, 0.2) is 11.3 Å². The van der Waals surface area contributed by atoms with Gasteiger partial charge in [-0.3, -0.25) is 9.69 Å². The first-order valence-corrected chi connectivity index (χ1v) is 8.31. The average molecular weight is 323 g/mol. The van der Waals surface area contributed by atoms with Crippen LogP contribution in [0.2, 0.25) is 0 Å². The number of hydrogen-bond acceptors (Lipinski definition) is 3. The van der Waals surface area contributed by atoms with Crippen molar-refractivity contribution in [2.45, 2.75) is 83.6 Å². The van der Waals surface area contributed by atoms with Crippen LogP contribution in [0.3, 0.4) is 0 Å². The number of aliphatic carboxylic acids is 1. The number of carboxylic acid groups (broad SMARTS) is 1. The molecule has 0 saturated carbocycles. The number of unbranched alkanes of at least 4 members (excludes halogenated alkanes) is 8. The van der Waals surface area contributed by atoms with Crippen LogP contribution in [-0.2, 0) is 9.59 Å². The maximum atomic E-state index is 12.1. The molecule has 0 rings (SSSR count). The van der Waals surface area contributed by atoms with Crippen molar-refractivity contribution < 1.29 is 45.7 Å². The van der Waals surface area contributed by atoms with E-state index in [0.717, 1.165) is 19.3 Å². The maximum absolute atomic E-state index is 12.1. The van der Waals surface area contributed by atoms with Crippen molar-refractivity contribution in [1.29, 1.82) is 0 Å². The molecule has 0 aliphatic rings. The molecule has 0 aromatic carbocycles. The Morgan fingerprint density at radius 2 is 1.36 bits per heavy atom. The molecule has 0 saturated heterocycles. The quantitative estimate of drug-likeness (QED) is 0.312. The number of carbonyl (C=O) groups excluding carboxylic acids is 1. The van der Waals surface area contributed by atoms with Gasteiger partial charge in [0.25, 0.3) is 0 Å². The number of Topliss-reactive ketones (excluding diaryl/α,β-unsaturated/α-hetero) is 1.